The van der Waals surface area contributed by atoms with E-state index in [1.165, 1.54) is 4.90 Å². The average Bonchev–Trinajstić information content (AvgIpc) is 2.65. The van der Waals surface area contributed by atoms with Crippen LogP contribution in [-0.2, 0) is 15.9 Å². The number of nitrogens with one attached hydrogen (secondary N) is 1. The minimum absolute atomic E-state index is 0.213. The first-order valence-electron chi connectivity index (χ1n) is 9.06. The predicted octanol–water partition coefficient (Wildman–Crippen LogP) is 2.32. The van der Waals surface area contributed by atoms with Gasteiger partial charge in [0.05, 0.1) is 0 Å². The third-order valence-electron chi connectivity index (χ3n) is 4.22. The molecule has 2 amide bonds. The van der Waals surface area contributed by atoms with E-state index in [4.69, 9.17) is 9.47 Å². The van der Waals surface area contributed by atoms with Crippen molar-refractivity contribution in [3.8, 4) is 0 Å². The first kappa shape index (κ1) is 20.2. The van der Waals surface area contributed by atoms with E-state index < -0.39 is 18.4 Å². The number of carbonyl (C=O) groups excluding carboxylic acids is 2. The third kappa shape index (κ3) is 6.00. The Morgan fingerprint density at radius 3 is 2.42 bits per heavy atom. The lowest BCUT2D eigenvalue weighted by Gasteiger charge is -2.32. The number of amides is 2. The van der Waals surface area contributed by atoms with Gasteiger partial charge in [-0.2, -0.15) is 0 Å². The van der Waals surface area contributed by atoms with Crippen LogP contribution >= 0.6 is 0 Å². The van der Waals surface area contributed by atoms with Crippen LogP contribution in [0.3, 0.4) is 0 Å². The summed E-state index contributed by atoms with van der Waals surface area (Å²) in [5, 5.41) is 3.16. The molecular formula is C19H29N3O4. The predicted molar refractivity (Wildman–Crippen MR) is 98.8 cm³/mol. The average molecular weight is 363 g/mol. The molecule has 1 N–H and O–H groups in total. The Hall–Kier alpha value is -2.12. The van der Waals surface area contributed by atoms with Crippen LogP contribution in [0.4, 0.5) is 9.59 Å². The summed E-state index contributed by atoms with van der Waals surface area (Å²) in [7, 11) is 1.56. The SMILES string of the molecule is COC(Cc1ccccc1)N(CC(C)C)C(=O)OC(=O)N1CCNCC1. The van der Waals surface area contributed by atoms with Gasteiger partial charge in [0, 0.05) is 46.3 Å². The number of hydrogen-bond acceptors (Lipinski definition) is 5. The molecule has 7 nitrogen and oxygen atoms in total. The van der Waals surface area contributed by atoms with E-state index >= 15 is 0 Å². The van der Waals surface area contributed by atoms with E-state index in [0.717, 1.165) is 5.56 Å². The number of ether oxygens (including phenoxy) is 2. The van der Waals surface area contributed by atoms with E-state index in [9.17, 15) is 9.59 Å². The van der Waals surface area contributed by atoms with Gasteiger partial charge in [-0.1, -0.05) is 44.2 Å². The highest BCUT2D eigenvalue weighted by Gasteiger charge is 2.29. The molecule has 1 atom stereocenters. The maximum absolute atomic E-state index is 12.7. The van der Waals surface area contributed by atoms with Crippen LogP contribution in [0.15, 0.2) is 30.3 Å². The van der Waals surface area contributed by atoms with Gasteiger partial charge in [-0.25, -0.2) is 9.59 Å². The monoisotopic (exact) mass is 363 g/mol. The highest BCUT2D eigenvalue weighted by Crippen LogP contribution is 2.14. The van der Waals surface area contributed by atoms with Crippen LogP contribution < -0.4 is 5.32 Å². The highest BCUT2D eigenvalue weighted by atomic mass is 16.6. The zero-order valence-electron chi connectivity index (χ0n) is 15.8. The topological polar surface area (TPSA) is 71.1 Å². The Kier molecular flexibility index (Phi) is 7.87. The molecule has 1 aliphatic heterocycles. The number of nitrogens with zero attached hydrogens (tertiary/aromatic N) is 2. The van der Waals surface area contributed by atoms with Gasteiger partial charge in [-0.05, 0) is 11.5 Å². The molecule has 0 radical (unpaired) electrons. The second kappa shape index (κ2) is 10.1. The lowest BCUT2D eigenvalue weighted by atomic mass is 10.1. The standard InChI is InChI=1S/C19H29N3O4/c1-15(2)14-22(17(25-3)13-16-7-5-4-6-8-16)19(24)26-18(23)21-11-9-20-10-12-21/h4-8,15,17,20H,9-14H2,1-3H3. The molecule has 1 aliphatic rings. The second-order valence-corrected chi connectivity index (χ2v) is 6.80. The molecule has 7 heteroatoms. The van der Waals surface area contributed by atoms with Crippen molar-refractivity contribution in [3.05, 3.63) is 35.9 Å². The molecule has 1 saturated heterocycles. The largest absolute Gasteiger partial charge is 0.420 e. The van der Waals surface area contributed by atoms with Gasteiger partial charge in [-0.3, -0.25) is 4.90 Å². The molecule has 1 fully saturated rings. The van der Waals surface area contributed by atoms with Crippen LogP contribution in [0, 0.1) is 5.92 Å². The molecule has 26 heavy (non-hydrogen) atoms. The zero-order chi connectivity index (χ0) is 18.9. The van der Waals surface area contributed by atoms with Crippen molar-refractivity contribution in [1.82, 2.24) is 15.1 Å². The Labute approximate surface area is 155 Å². The van der Waals surface area contributed by atoms with E-state index in [1.807, 2.05) is 44.2 Å². The summed E-state index contributed by atoms with van der Waals surface area (Å²) < 4.78 is 10.7. The fourth-order valence-corrected chi connectivity index (χ4v) is 2.88. The maximum atomic E-state index is 12.7. The lowest BCUT2D eigenvalue weighted by Crippen LogP contribution is -2.50. The molecule has 0 spiro atoms. The fraction of sp³-hybridized carbons (Fsp3) is 0.579. The van der Waals surface area contributed by atoms with Crippen LogP contribution in [-0.4, -0.2) is 68.0 Å². The number of rotatable bonds is 6. The Morgan fingerprint density at radius 1 is 1.19 bits per heavy atom. The van der Waals surface area contributed by atoms with Gasteiger partial charge in [0.1, 0.15) is 6.23 Å². The molecule has 144 valence electrons. The minimum atomic E-state index is -0.662. The molecule has 0 saturated carbocycles. The molecular weight excluding hydrogens is 334 g/mol. The Balaban J connectivity index is 2.05. The molecule has 1 unspecified atom stereocenters. The summed E-state index contributed by atoms with van der Waals surface area (Å²) in [5.41, 5.74) is 1.05. The Bertz CT molecular complexity index is 573. The van der Waals surface area contributed by atoms with Crippen molar-refractivity contribution in [3.63, 3.8) is 0 Å². The van der Waals surface area contributed by atoms with Gasteiger partial charge >= 0.3 is 12.2 Å². The highest BCUT2D eigenvalue weighted by molar-refractivity contribution is 5.83. The normalized spacial score (nSPS) is 15.6. The smallest absolute Gasteiger partial charge is 0.361 e. The molecule has 2 rings (SSSR count). The second-order valence-electron chi connectivity index (χ2n) is 6.80. The number of methoxy groups -OCH3 is 1. The number of piperazine rings is 1. The molecule has 0 aliphatic carbocycles. The van der Waals surface area contributed by atoms with Gasteiger partial charge < -0.3 is 19.7 Å². The quantitative estimate of drug-likeness (QED) is 0.620. The zero-order valence-corrected chi connectivity index (χ0v) is 15.8. The fourth-order valence-electron chi connectivity index (χ4n) is 2.88. The maximum Gasteiger partial charge on any atom is 0.420 e. The van der Waals surface area contributed by atoms with Gasteiger partial charge in [0.15, 0.2) is 0 Å². The van der Waals surface area contributed by atoms with Gasteiger partial charge in [-0.15, -0.1) is 0 Å². The Morgan fingerprint density at radius 2 is 1.85 bits per heavy atom. The lowest BCUT2D eigenvalue weighted by molar-refractivity contribution is -0.0289. The van der Waals surface area contributed by atoms with Crippen molar-refractivity contribution < 1.29 is 19.1 Å². The van der Waals surface area contributed by atoms with Crippen molar-refractivity contribution in [2.75, 3.05) is 39.8 Å². The number of hydrogen-bond donors (Lipinski definition) is 1. The van der Waals surface area contributed by atoms with Crippen LogP contribution in [0.25, 0.3) is 0 Å². The summed E-state index contributed by atoms with van der Waals surface area (Å²) in [6.45, 7) is 6.93. The van der Waals surface area contributed by atoms with Gasteiger partial charge in [0.25, 0.3) is 0 Å². The molecule has 1 aromatic rings. The van der Waals surface area contributed by atoms with E-state index in [-0.39, 0.29) is 5.92 Å². The molecule has 0 aromatic heterocycles. The third-order valence-corrected chi connectivity index (χ3v) is 4.22. The molecule has 0 bridgehead atoms. The summed E-state index contributed by atoms with van der Waals surface area (Å²) in [5.74, 6) is 0.213. The van der Waals surface area contributed by atoms with Crippen LogP contribution in [0.5, 0.6) is 0 Å². The molecule has 1 heterocycles. The van der Waals surface area contributed by atoms with E-state index in [2.05, 4.69) is 5.32 Å². The minimum Gasteiger partial charge on any atom is -0.361 e. The van der Waals surface area contributed by atoms with E-state index in [0.29, 0.717) is 39.1 Å². The van der Waals surface area contributed by atoms with Gasteiger partial charge in [0.2, 0.25) is 0 Å². The summed E-state index contributed by atoms with van der Waals surface area (Å²) in [6, 6.07) is 9.80. The van der Waals surface area contributed by atoms with Crippen molar-refractivity contribution in [2.45, 2.75) is 26.5 Å². The first-order chi connectivity index (χ1) is 12.5. The first-order valence-corrected chi connectivity index (χ1v) is 9.06. The van der Waals surface area contributed by atoms with Crippen LogP contribution in [0.2, 0.25) is 0 Å². The van der Waals surface area contributed by atoms with Crippen LogP contribution in [0.1, 0.15) is 19.4 Å². The summed E-state index contributed by atoms with van der Waals surface area (Å²) in [6.07, 6.45) is -1.23. The summed E-state index contributed by atoms with van der Waals surface area (Å²) >= 11 is 0. The van der Waals surface area contributed by atoms with Crippen molar-refractivity contribution in [1.29, 1.82) is 0 Å². The van der Waals surface area contributed by atoms with Crippen molar-refractivity contribution >= 4 is 12.2 Å². The molecule has 1 aromatic carbocycles. The number of carbonyl (C=O) groups is 2. The number of benzene rings is 1. The van der Waals surface area contributed by atoms with Crippen molar-refractivity contribution in [2.24, 2.45) is 5.92 Å². The summed E-state index contributed by atoms with van der Waals surface area (Å²) in [4.78, 5) is 28.0. The van der Waals surface area contributed by atoms with E-state index in [1.54, 1.807) is 12.0 Å².